The van der Waals surface area contributed by atoms with Crippen LogP contribution in [0.25, 0.3) is 0 Å². The maximum Gasteiger partial charge on any atom is 0.0992 e. The van der Waals surface area contributed by atoms with Gasteiger partial charge in [-0.05, 0) is 31.4 Å². The summed E-state index contributed by atoms with van der Waals surface area (Å²) in [6.45, 7) is 5.35. The zero-order valence-electron chi connectivity index (χ0n) is 13.9. The summed E-state index contributed by atoms with van der Waals surface area (Å²) in [6.07, 6.45) is 6.20. The van der Waals surface area contributed by atoms with Gasteiger partial charge in [-0.2, -0.15) is 0 Å². The quantitative estimate of drug-likeness (QED) is 0.834. The van der Waals surface area contributed by atoms with Crippen LogP contribution in [0, 0.1) is 6.92 Å². The number of rotatable bonds is 5. The molecule has 1 aliphatic heterocycles. The van der Waals surface area contributed by atoms with Crippen LogP contribution in [0.4, 0.5) is 0 Å². The summed E-state index contributed by atoms with van der Waals surface area (Å²) in [5.41, 5.74) is 2.30. The van der Waals surface area contributed by atoms with Gasteiger partial charge in [0, 0.05) is 36.9 Å². The molecule has 128 valence electrons. The zero-order chi connectivity index (χ0) is 16.4. The van der Waals surface area contributed by atoms with Gasteiger partial charge in [0.15, 0.2) is 0 Å². The average Bonchev–Trinajstić information content (AvgIpc) is 3.21. The fraction of sp³-hybridized carbons (Fsp3) is 0.556. The first-order valence-electron chi connectivity index (χ1n) is 8.57. The Labute approximate surface area is 146 Å². The number of morpholine rings is 1. The second-order valence-corrected chi connectivity index (χ2v) is 7.58. The Bertz CT molecular complexity index is 663. The molecule has 1 aliphatic carbocycles. The third-order valence-electron chi connectivity index (χ3n) is 4.87. The minimum absolute atomic E-state index is 0.176. The molecule has 2 fully saturated rings. The molecule has 0 unspecified atom stereocenters. The third kappa shape index (κ3) is 3.52. The van der Waals surface area contributed by atoms with E-state index in [-0.39, 0.29) is 12.2 Å². The van der Waals surface area contributed by atoms with Gasteiger partial charge in [0.1, 0.15) is 0 Å². The van der Waals surface area contributed by atoms with Crippen molar-refractivity contribution < 1.29 is 9.47 Å². The largest absolute Gasteiger partial charge is 0.373 e. The molecule has 1 saturated heterocycles. The van der Waals surface area contributed by atoms with Crippen molar-refractivity contribution in [1.29, 1.82) is 0 Å². The summed E-state index contributed by atoms with van der Waals surface area (Å²) in [4.78, 5) is 11.3. The normalized spacial score (nSPS) is 27.3. The number of ether oxygens (including phenoxy) is 2. The van der Waals surface area contributed by atoms with E-state index in [2.05, 4.69) is 33.2 Å². The highest BCUT2D eigenvalue weighted by molar-refractivity contribution is 7.09. The van der Waals surface area contributed by atoms with Crippen LogP contribution in [-0.4, -0.2) is 46.3 Å². The first kappa shape index (κ1) is 16.1. The Morgan fingerprint density at radius 3 is 3.17 bits per heavy atom. The van der Waals surface area contributed by atoms with E-state index in [1.807, 2.05) is 12.3 Å². The minimum atomic E-state index is 0.176. The number of thiazole rings is 1. The summed E-state index contributed by atoms with van der Waals surface area (Å²) < 4.78 is 12.2. The second-order valence-electron chi connectivity index (χ2n) is 6.52. The summed E-state index contributed by atoms with van der Waals surface area (Å²) in [5.74, 6) is 0. The van der Waals surface area contributed by atoms with Crippen molar-refractivity contribution in [2.45, 2.75) is 51.2 Å². The van der Waals surface area contributed by atoms with E-state index in [1.54, 1.807) is 17.5 Å². The Balaban J connectivity index is 1.37. The smallest absolute Gasteiger partial charge is 0.0992 e. The van der Waals surface area contributed by atoms with Crippen molar-refractivity contribution in [2.75, 3.05) is 13.2 Å². The minimum Gasteiger partial charge on any atom is -0.373 e. The van der Waals surface area contributed by atoms with Crippen LogP contribution in [0.1, 0.15) is 29.1 Å². The molecule has 2 aromatic heterocycles. The fourth-order valence-electron chi connectivity index (χ4n) is 3.74. The average molecular weight is 345 g/mol. The Hall–Kier alpha value is -1.34. The number of pyridine rings is 1. The molecule has 6 heteroatoms. The van der Waals surface area contributed by atoms with Gasteiger partial charge >= 0.3 is 0 Å². The lowest BCUT2D eigenvalue weighted by Crippen LogP contribution is -2.51. The van der Waals surface area contributed by atoms with E-state index in [4.69, 9.17) is 9.47 Å². The lowest BCUT2D eigenvalue weighted by molar-refractivity contribution is -0.118. The van der Waals surface area contributed by atoms with Gasteiger partial charge in [-0.25, -0.2) is 4.98 Å². The number of nitrogens with zero attached hydrogens (tertiary/aromatic N) is 3. The molecule has 2 aromatic rings. The van der Waals surface area contributed by atoms with E-state index in [0.717, 1.165) is 43.1 Å². The Morgan fingerprint density at radius 1 is 1.42 bits per heavy atom. The lowest BCUT2D eigenvalue weighted by atomic mass is 10.1. The van der Waals surface area contributed by atoms with Crippen molar-refractivity contribution in [3.8, 4) is 0 Å². The van der Waals surface area contributed by atoms with E-state index >= 15 is 0 Å². The predicted octanol–water partition coefficient (Wildman–Crippen LogP) is 2.80. The summed E-state index contributed by atoms with van der Waals surface area (Å²) in [7, 11) is 0. The number of aromatic nitrogens is 2. The van der Waals surface area contributed by atoms with Gasteiger partial charge in [0.05, 0.1) is 36.1 Å². The standard InChI is InChI=1S/C18H23N3O2S/c1-13-20-15(12-24-13)10-21-7-8-22-18-16(21)4-5-17(18)23-11-14-3-2-6-19-9-14/h2-3,6,9,12,16-18H,4-5,7-8,10-11H2,1H3/t16-,17+,18+/m0/s1. The van der Waals surface area contributed by atoms with Crippen LogP contribution in [-0.2, 0) is 22.6 Å². The van der Waals surface area contributed by atoms with Gasteiger partial charge < -0.3 is 9.47 Å². The van der Waals surface area contributed by atoms with Crippen LogP contribution < -0.4 is 0 Å². The van der Waals surface area contributed by atoms with Crippen molar-refractivity contribution in [3.63, 3.8) is 0 Å². The summed E-state index contributed by atoms with van der Waals surface area (Å²) >= 11 is 1.72. The van der Waals surface area contributed by atoms with Gasteiger partial charge in [0.25, 0.3) is 0 Å². The molecule has 0 aromatic carbocycles. The molecule has 5 nitrogen and oxygen atoms in total. The second kappa shape index (κ2) is 7.27. The van der Waals surface area contributed by atoms with E-state index in [0.29, 0.717) is 12.6 Å². The van der Waals surface area contributed by atoms with Crippen molar-refractivity contribution in [1.82, 2.24) is 14.9 Å². The first-order valence-corrected chi connectivity index (χ1v) is 9.45. The molecule has 24 heavy (non-hydrogen) atoms. The lowest BCUT2D eigenvalue weighted by Gasteiger charge is -2.38. The predicted molar refractivity (Wildman–Crippen MR) is 92.8 cm³/mol. The van der Waals surface area contributed by atoms with Gasteiger partial charge in [0.2, 0.25) is 0 Å². The maximum absolute atomic E-state index is 6.16. The van der Waals surface area contributed by atoms with Crippen molar-refractivity contribution >= 4 is 11.3 Å². The van der Waals surface area contributed by atoms with Crippen LogP contribution in [0.3, 0.4) is 0 Å². The summed E-state index contributed by atoms with van der Waals surface area (Å²) in [6, 6.07) is 4.45. The van der Waals surface area contributed by atoms with E-state index in [1.165, 1.54) is 5.69 Å². The van der Waals surface area contributed by atoms with Crippen LogP contribution in [0.5, 0.6) is 0 Å². The van der Waals surface area contributed by atoms with Crippen LogP contribution >= 0.6 is 11.3 Å². The van der Waals surface area contributed by atoms with Gasteiger partial charge in [-0.15, -0.1) is 11.3 Å². The number of aryl methyl sites for hydroxylation is 1. The highest BCUT2D eigenvalue weighted by Crippen LogP contribution is 2.33. The molecule has 0 spiro atoms. The summed E-state index contributed by atoms with van der Waals surface area (Å²) in [5, 5.41) is 3.31. The molecule has 0 amide bonds. The molecule has 0 radical (unpaired) electrons. The maximum atomic E-state index is 6.16. The molecule has 3 atom stereocenters. The molecule has 2 aliphatic rings. The van der Waals surface area contributed by atoms with E-state index < -0.39 is 0 Å². The molecular weight excluding hydrogens is 322 g/mol. The first-order chi connectivity index (χ1) is 11.8. The Kier molecular flexibility index (Phi) is 4.89. The van der Waals surface area contributed by atoms with E-state index in [9.17, 15) is 0 Å². The number of fused-ring (bicyclic) bond motifs is 1. The molecule has 0 bridgehead atoms. The molecule has 0 N–H and O–H groups in total. The Morgan fingerprint density at radius 2 is 2.38 bits per heavy atom. The van der Waals surface area contributed by atoms with Crippen LogP contribution in [0.2, 0.25) is 0 Å². The van der Waals surface area contributed by atoms with Gasteiger partial charge in [-0.3, -0.25) is 9.88 Å². The van der Waals surface area contributed by atoms with Crippen molar-refractivity contribution in [2.24, 2.45) is 0 Å². The highest BCUT2D eigenvalue weighted by Gasteiger charge is 2.43. The number of hydrogen-bond acceptors (Lipinski definition) is 6. The SMILES string of the molecule is Cc1nc(CN2CCO[C@H]3[C@H](OCc4cccnc4)CC[C@@H]32)cs1. The third-order valence-corrected chi connectivity index (χ3v) is 5.69. The molecule has 1 saturated carbocycles. The van der Waals surface area contributed by atoms with Crippen molar-refractivity contribution in [3.05, 3.63) is 46.2 Å². The number of hydrogen-bond donors (Lipinski definition) is 0. The monoisotopic (exact) mass is 345 g/mol. The zero-order valence-corrected chi connectivity index (χ0v) is 14.7. The highest BCUT2D eigenvalue weighted by atomic mass is 32.1. The fourth-order valence-corrected chi connectivity index (χ4v) is 4.35. The topological polar surface area (TPSA) is 47.5 Å². The molecule has 3 heterocycles. The molecule has 4 rings (SSSR count). The molecular formula is C18H23N3O2S. The van der Waals surface area contributed by atoms with Gasteiger partial charge in [-0.1, -0.05) is 6.07 Å². The van der Waals surface area contributed by atoms with Crippen LogP contribution in [0.15, 0.2) is 29.9 Å².